The zero-order valence-electron chi connectivity index (χ0n) is 22.5. The van der Waals surface area contributed by atoms with Gasteiger partial charge in [0, 0.05) is 29.6 Å². The second-order valence-electron chi connectivity index (χ2n) is 11.8. The standard InChI is InChI=1S/C29H39ClO7/c1-6-8-25(35)36-16-23(33)29(37-24(34)7-2)17(3)13-21-20-10-9-18-14-19(31)11-12-26(18,4)28(20,30)22(32)15-27(21,29)5/h11-12,14,17,20-22,32H,6-10,13,15-16H2,1-5H3/t17?,20-,21-,22?,26-,27-,28-,29-/m0/s1. The normalized spacial score (nSPS) is 42.2. The quantitative estimate of drug-likeness (QED) is 0.379. The number of allylic oxidation sites excluding steroid dienone is 4. The maximum absolute atomic E-state index is 13.9. The van der Waals surface area contributed by atoms with E-state index >= 15 is 0 Å². The predicted molar refractivity (Wildman–Crippen MR) is 138 cm³/mol. The van der Waals surface area contributed by atoms with Gasteiger partial charge in [-0.3, -0.25) is 19.2 Å². The number of rotatable bonds is 7. The van der Waals surface area contributed by atoms with E-state index in [9.17, 15) is 24.3 Å². The van der Waals surface area contributed by atoms with Crippen molar-refractivity contribution in [2.45, 2.75) is 96.1 Å². The lowest BCUT2D eigenvalue weighted by atomic mass is 9.45. The van der Waals surface area contributed by atoms with Gasteiger partial charge in [-0.2, -0.15) is 0 Å². The molecule has 8 atom stereocenters. The van der Waals surface area contributed by atoms with E-state index in [-0.39, 0.29) is 42.8 Å². The number of ether oxygens (including phenoxy) is 2. The molecule has 1 N–H and O–H groups in total. The zero-order valence-corrected chi connectivity index (χ0v) is 23.2. The highest BCUT2D eigenvalue weighted by Gasteiger charge is 2.76. The number of esters is 2. The number of carbonyl (C=O) groups is 4. The lowest BCUT2D eigenvalue weighted by Gasteiger charge is -2.64. The molecule has 0 saturated heterocycles. The highest BCUT2D eigenvalue weighted by atomic mass is 35.5. The van der Waals surface area contributed by atoms with Gasteiger partial charge in [-0.15, -0.1) is 11.6 Å². The van der Waals surface area contributed by atoms with Crippen molar-refractivity contribution in [1.29, 1.82) is 0 Å². The predicted octanol–water partition coefficient (Wildman–Crippen LogP) is 4.48. The maximum Gasteiger partial charge on any atom is 0.306 e. The Labute approximate surface area is 224 Å². The fourth-order valence-electron chi connectivity index (χ4n) is 8.18. The Kier molecular flexibility index (Phi) is 7.30. The van der Waals surface area contributed by atoms with Crippen molar-refractivity contribution >= 4 is 35.1 Å². The molecule has 37 heavy (non-hydrogen) atoms. The summed E-state index contributed by atoms with van der Waals surface area (Å²) in [6.45, 7) is 8.84. The Hall–Kier alpha value is -1.99. The lowest BCUT2D eigenvalue weighted by Crippen LogP contribution is -2.69. The molecular formula is C29H39ClO7. The summed E-state index contributed by atoms with van der Waals surface area (Å²) in [4.78, 5) is 49.8. The van der Waals surface area contributed by atoms with Crippen molar-refractivity contribution in [3.63, 3.8) is 0 Å². The summed E-state index contributed by atoms with van der Waals surface area (Å²) in [6.07, 6.45) is 6.86. The zero-order chi connectivity index (χ0) is 27.4. The average Bonchev–Trinajstić information content (AvgIpc) is 3.06. The van der Waals surface area contributed by atoms with Crippen molar-refractivity contribution in [2.24, 2.45) is 28.6 Å². The molecule has 7 nitrogen and oxygen atoms in total. The number of hydrogen-bond donors (Lipinski definition) is 1. The third kappa shape index (κ3) is 3.86. The average molecular weight is 535 g/mol. The van der Waals surface area contributed by atoms with Crippen molar-refractivity contribution in [2.75, 3.05) is 6.61 Å². The van der Waals surface area contributed by atoms with Crippen LogP contribution in [-0.2, 0) is 28.7 Å². The number of Topliss-reactive ketones (excluding diaryl/α,β-unsaturated/α-hetero) is 1. The summed E-state index contributed by atoms with van der Waals surface area (Å²) < 4.78 is 11.4. The lowest BCUT2D eigenvalue weighted by molar-refractivity contribution is -0.203. The summed E-state index contributed by atoms with van der Waals surface area (Å²) >= 11 is 7.49. The van der Waals surface area contributed by atoms with Crippen LogP contribution >= 0.6 is 11.6 Å². The first kappa shape index (κ1) is 28.0. The van der Waals surface area contributed by atoms with Gasteiger partial charge in [0.15, 0.2) is 18.0 Å². The highest BCUT2D eigenvalue weighted by molar-refractivity contribution is 6.26. The SMILES string of the molecule is CCCC(=O)OCC(=O)[C@@]1(OC(=O)CC)C(C)C[C@H]2[C@@H]3CCC4=CC(=O)C=C[C@]4(C)[C@@]3(Cl)C(O)C[C@@]21C. The Balaban J connectivity index is 1.77. The van der Waals surface area contributed by atoms with Gasteiger partial charge in [-0.05, 0) is 56.1 Å². The van der Waals surface area contributed by atoms with Gasteiger partial charge in [-0.25, -0.2) is 0 Å². The Morgan fingerprint density at radius 2 is 1.86 bits per heavy atom. The molecule has 0 aromatic carbocycles. The van der Waals surface area contributed by atoms with Crippen molar-refractivity contribution < 1.29 is 33.8 Å². The largest absolute Gasteiger partial charge is 0.457 e. The highest BCUT2D eigenvalue weighted by Crippen LogP contribution is 2.72. The molecule has 0 bridgehead atoms. The Morgan fingerprint density at radius 1 is 1.16 bits per heavy atom. The minimum Gasteiger partial charge on any atom is -0.457 e. The molecule has 0 aromatic heterocycles. The van der Waals surface area contributed by atoms with E-state index in [1.165, 1.54) is 6.08 Å². The molecule has 3 fully saturated rings. The van der Waals surface area contributed by atoms with Gasteiger partial charge >= 0.3 is 11.9 Å². The van der Waals surface area contributed by atoms with Crippen molar-refractivity contribution in [3.8, 4) is 0 Å². The van der Waals surface area contributed by atoms with Crippen LogP contribution in [0.3, 0.4) is 0 Å². The molecule has 2 unspecified atom stereocenters. The second kappa shape index (κ2) is 9.64. The van der Waals surface area contributed by atoms with Crippen LogP contribution in [0.1, 0.15) is 79.6 Å². The molecule has 0 spiro atoms. The minimum absolute atomic E-state index is 0.0791. The first-order valence-electron chi connectivity index (χ1n) is 13.5. The number of halogens is 1. The maximum atomic E-state index is 13.9. The molecule has 4 aliphatic rings. The Bertz CT molecular complexity index is 1060. The molecule has 0 heterocycles. The summed E-state index contributed by atoms with van der Waals surface area (Å²) in [5, 5.41) is 11.8. The summed E-state index contributed by atoms with van der Waals surface area (Å²) in [5.74, 6) is -2.19. The van der Waals surface area contributed by atoms with Gasteiger partial charge in [0.25, 0.3) is 0 Å². The third-order valence-corrected chi connectivity index (χ3v) is 10.9. The molecule has 0 radical (unpaired) electrons. The number of aliphatic hydroxyl groups is 1. The smallest absolute Gasteiger partial charge is 0.306 e. The second-order valence-corrected chi connectivity index (χ2v) is 12.4. The van der Waals surface area contributed by atoms with Gasteiger partial charge < -0.3 is 14.6 Å². The molecule has 8 heteroatoms. The van der Waals surface area contributed by atoms with Crippen LogP contribution in [0.25, 0.3) is 0 Å². The van der Waals surface area contributed by atoms with Gasteiger partial charge in [0.2, 0.25) is 5.78 Å². The van der Waals surface area contributed by atoms with Gasteiger partial charge in [0.05, 0.1) is 11.0 Å². The minimum atomic E-state index is -1.55. The number of hydrogen-bond acceptors (Lipinski definition) is 7. The van der Waals surface area contributed by atoms with E-state index in [0.29, 0.717) is 25.7 Å². The number of fused-ring (bicyclic) bond motifs is 5. The topological polar surface area (TPSA) is 107 Å². The van der Waals surface area contributed by atoms with Crippen LogP contribution in [0.4, 0.5) is 0 Å². The van der Waals surface area contributed by atoms with E-state index in [2.05, 4.69) is 0 Å². The van der Waals surface area contributed by atoms with E-state index in [1.54, 1.807) is 13.0 Å². The molecule has 0 aliphatic heterocycles. The number of ketones is 2. The fraction of sp³-hybridized carbons (Fsp3) is 0.724. The summed E-state index contributed by atoms with van der Waals surface area (Å²) in [5.41, 5.74) is -2.27. The summed E-state index contributed by atoms with van der Waals surface area (Å²) in [7, 11) is 0. The monoisotopic (exact) mass is 534 g/mol. The molecule has 4 rings (SSSR count). The van der Waals surface area contributed by atoms with Crippen molar-refractivity contribution in [1.82, 2.24) is 0 Å². The molecule has 0 amide bonds. The van der Waals surface area contributed by atoms with E-state index in [0.717, 1.165) is 5.57 Å². The van der Waals surface area contributed by atoms with Crippen LogP contribution < -0.4 is 0 Å². The summed E-state index contributed by atoms with van der Waals surface area (Å²) in [6, 6.07) is 0. The first-order valence-corrected chi connectivity index (χ1v) is 13.9. The number of alkyl halides is 1. The molecule has 3 saturated carbocycles. The van der Waals surface area contributed by atoms with Crippen LogP contribution in [0.5, 0.6) is 0 Å². The van der Waals surface area contributed by atoms with Gasteiger partial charge in [0.1, 0.15) is 0 Å². The van der Waals surface area contributed by atoms with Crippen molar-refractivity contribution in [3.05, 3.63) is 23.8 Å². The molecular weight excluding hydrogens is 496 g/mol. The van der Waals surface area contributed by atoms with Crippen LogP contribution in [0.2, 0.25) is 0 Å². The third-order valence-electron chi connectivity index (χ3n) is 9.98. The van der Waals surface area contributed by atoms with Gasteiger partial charge in [-0.1, -0.05) is 46.3 Å². The van der Waals surface area contributed by atoms with Crippen LogP contribution in [0.15, 0.2) is 23.8 Å². The van der Waals surface area contributed by atoms with E-state index in [1.807, 2.05) is 33.8 Å². The van der Waals surface area contributed by atoms with Crippen LogP contribution in [-0.4, -0.2) is 51.8 Å². The van der Waals surface area contributed by atoms with E-state index in [4.69, 9.17) is 21.1 Å². The number of aliphatic hydroxyl groups excluding tert-OH is 1. The molecule has 204 valence electrons. The van der Waals surface area contributed by atoms with E-state index < -0.39 is 51.7 Å². The van der Waals surface area contributed by atoms with Crippen LogP contribution in [0, 0.1) is 28.6 Å². The molecule has 4 aliphatic carbocycles. The molecule has 0 aromatic rings. The first-order chi connectivity index (χ1) is 17.3. The Morgan fingerprint density at radius 3 is 2.51 bits per heavy atom. The number of carbonyl (C=O) groups excluding carboxylic acids is 4. The fourth-order valence-corrected chi connectivity index (χ4v) is 8.70.